The van der Waals surface area contributed by atoms with Gasteiger partial charge in [-0.2, -0.15) is 0 Å². The van der Waals surface area contributed by atoms with Crippen molar-refractivity contribution in [1.82, 2.24) is 5.32 Å². The zero-order valence-corrected chi connectivity index (χ0v) is 13.3. The lowest BCUT2D eigenvalue weighted by molar-refractivity contribution is 0.347. The molecule has 3 rings (SSSR count). The SMILES string of the molecule is CCCNC(c1ccc(Cl)o1)c1cc(Cl)cc2c1OCC2. The maximum absolute atomic E-state index is 6.26. The molecule has 3 nitrogen and oxygen atoms in total. The summed E-state index contributed by atoms with van der Waals surface area (Å²) in [6.07, 6.45) is 1.91. The van der Waals surface area contributed by atoms with Crippen LogP contribution in [0.25, 0.3) is 0 Å². The first-order valence-electron chi connectivity index (χ1n) is 7.12. The van der Waals surface area contributed by atoms with Crippen LogP contribution in [0.1, 0.15) is 36.3 Å². The Morgan fingerprint density at radius 2 is 2.14 bits per heavy atom. The van der Waals surface area contributed by atoms with Gasteiger partial charge in [0.2, 0.25) is 0 Å². The molecule has 0 saturated heterocycles. The van der Waals surface area contributed by atoms with Crippen LogP contribution in [-0.2, 0) is 6.42 Å². The van der Waals surface area contributed by atoms with Crippen LogP contribution in [0.2, 0.25) is 10.2 Å². The molecule has 0 amide bonds. The Kier molecular flexibility index (Phi) is 4.43. The van der Waals surface area contributed by atoms with E-state index in [1.54, 1.807) is 6.07 Å². The maximum Gasteiger partial charge on any atom is 0.193 e. The number of fused-ring (bicyclic) bond motifs is 1. The zero-order chi connectivity index (χ0) is 14.8. The van der Waals surface area contributed by atoms with Crippen molar-refractivity contribution < 1.29 is 9.15 Å². The van der Waals surface area contributed by atoms with Crippen LogP contribution < -0.4 is 10.1 Å². The Hall–Kier alpha value is -1.16. The highest BCUT2D eigenvalue weighted by molar-refractivity contribution is 6.30. The minimum absolute atomic E-state index is 0.108. The van der Waals surface area contributed by atoms with E-state index in [4.69, 9.17) is 32.4 Å². The van der Waals surface area contributed by atoms with Crippen molar-refractivity contribution in [2.45, 2.75) is 25.8 Å². The zero-order valence-electron chi connectivity index (χ0n) is 11.8. The molecule has 1 atom stereocenters. The first-order valence-corrected chi connectivity index (χ1v) is 7.88. The molecule has 1 aromatic heterocycles. The average molecular weight is 326 g/mol. The molecule has 0 radical (unpaired) electrons. The van der Waals surface area contributed by atoms with E-state index in [0.717, 1.165) is 47.0 Å². The van der Waals surface area contributed by atoms with Crippen LogP contribution in [0.5, 0.6) is 5.75 Å². The van der Waals surface area contributed by atoms with Crippen molar-refractivity contribution >= 4 is 23.2 Å². The quantitative estimate of drug-likeness (QED) is 0.871. The molecule has 1 aliphatic heterocycles. The van der Waals surface area contributed by atoms with Crippen LogP contribution >= 0.6 is 23.2 Å². The molecule has 1 aliphatic rings. The third-order valence-electron chi connectivity index (χ3n) is 3.57. The van der Waals surface area contributed by atoms with Gasteiger partial charge >= 0.3 is 0 Å². The fraction of sp³-hybridized carbons (Fsp3) is 0.375. The van der Waals surface area contributed by atoms with Gasteiger partial charge in [0.15, 0.2) is 5.22 Å². The van der Waals surface area contributed by atoms with E-state index in [2.05, 4.69) is 12.2 Å². The first kappa shape index (κ1) is 14.8. The van der Waals surface area contributed by atoms with Gasteiger partial charge in [0.25, 0.3) is 0 Å². The summed E-state index contributed by atoms with van der Waals surface area (Å²) < 4.78 is 11.4. The molecule has 0 bridgehead atoms. The van der Waals surface area contributed by atoms with Crippen molar-refractivity contribution in [3.8, 4) is 5.75 Å². The summed E-state index contributed by atoms with van der Waals surface area (Å²) in [5.74, 6) is 1.69. The van der Waals surface area contributed by atoms with Crippen molar-refractivity contribution in [3.63, 3.8) is 0 Å². The van der Waals surface area contributed by atoms with Gasteiger partial charge in [-0.1, -0.05) is 18.5 Å². The molecular weight excluding hydrogens is 309 g/mol. The smallest absolute Gasteiger partial charge is 0.193 e. The van der Waals surface area contributed by atoms with Crippen molar-refractivity contribution in [2.75, 3.05) is 13.2 Å². The number of ether oxygens (including phenoxy) is 1. The summed E-state index contributed by atoms with van der Waals surface area (Å²) in [6, 6.07) is 7.44. The van der Waals surface area contributed by atoms with Gasteiger partial charge in [-0.3, -0.25) is 0 Å². The van der Waals surface area contributed by atoms with Gasteiger partial charge in [0.05, 0.1) is 12.6 Å². The predicted molar refractivity (Wildman–Crippen MR) is 84.5 cm³/mol. The van der Waals surface area contributed by atoms with Gasteiger partial charge in [0.1, 0.15) is 11.5 Å². The molecule has 21 heavy (non-hydrogen) atoms. The highest BCUT2D eigenvalue weighted by Gasteiger charge is 2.26. The van der Waals surface area contributed by atoms with E-state index in [0.29, 0.717) is 11.8 Å². The number of furan rings is 1. The minimum atomic E-state index is -0.108. The lowest BCUT2D eigenvalue weighted by Gasteiger charge is -2.19. The topological polar surface area (TPSA) is 34.4 Å². The van der Waals surface area contributed by atoms with Gasteiger partial charge in [0, 0.05) is 17.0 Å². The number of rotatable bonds is 5. The van der Waals surface area contributed by atoms with Gasteiger partial charge in [-0.25, -0.2) is 0 Å². The summed E-state index contributed by atoms with van der Waals surface area (Å²) in [4.78, 5) is 0. The monoisotopic (exact) mass is 325 g/mol. The lowest BCUT2D eigenvalue weighted by Crippen LogP contribution is -2.23. The number of benzene rings is 1. The van der Waals surface area contributed by atoms with Crippen LogP contribution in [0.15, 0.2) is 28.7 Å². The van der Waals surface area contributed by atoms with E-state index >= 15 is 0 Å². The van der Waals surface area contributed by atoms with Crippen LogP contribution in [0.4, 0.5) is 0 Å². The van der Waals surface area contributed by atoms with Crippen LogP contribution in [0.3, 0.4) is 0 Å². The molecule has 0 aliphatic carbocycles. The first-order chi connectivity index (χ1) is 10.2. The molecule has 112 valence electrons. The minimum Gasteiger partial charge on any atom is -0.493 e. The molecule has 2 heterocycles. The molecule has 0 fully saturated rings. The largest absolute Gasteiger partial charge is 0.493 e. The number of hydrogen-bond acceptors (Lipinski definition) is 3. The molecule has 1 N–H and O–H groups in total. The van der Waals surface area contributed by atoms with E-state index in [-0.39, 0.29) is 6.04 Å². The standard InChI is InChI=1S/C16H17Cl2NO2/c1-2-6-19-15(13-3-4-14(18)21-13)12-9-11(17)8-10-5-7-20-16(10)12/h3-4,8-9,15,19H,2,5-7H2,1H3. The Morgan fingerprint density at radius 3 is 2.86 bits per heavy atom. The Bertz CT molecular complexity index is 639. The normalized spacial score (nSPS) is 14.8. The maximum atomic E-state index is 6.26. The van der Waals surface area contributed by atoms with Crippen molar-refractivity contribution in [3.05, 3.63) is 51.4 Å². The summed E-state index contributed by atoms with van der Waals surface area (Å²) in [5.41, 5.74) is 2.16. The third-order valence-corrected chi connectivity index (χ3v) is 3.99. The van der Waals surface area contributed by atoms with Crippen LogP contribution in [0, 0.1) is 0 Å². The highest BCUT2D eigenvalue weighted by Crippen LogP contribution is 2.39. The van der Waals surface area contributed by atoms with E-state index in [9.17, 15) is 0 Å². The fourth-order valence-corrected chi connectivity index (χ4v) is 3.05. The van der Waals surface area contributed by atoms with Gasteiger partial charge in [-0.15, -0.1) is 0 Å². The van der Waals surface area contributed by atoms with E-state index in [1.165, 1.54) is 0 Å². The fourth-order valence-electron chi connectivity index (χ4n) is 2.65. The summed E-state index contributed by atoms with van der Waals surface area (Å²) in [5, 5.41) is 4.58. The second-order valence-corrected chi connectivity index (χ2v) is 5.92. The van der Waals surface area contributed by atoms with Crippen molar-refractivity contribution in [2.24, 2.45) is 0 Å². The molecule has 1 aromatic carbocycles. The van der Waals surface area contributed by atoms with Gasteiger partial charge in [-0.05, 0) is 54.4 Å². The van der Waals surface area contributed by atoms with E-state index in [1.807, 2.05) is 18.2 Å². The average Bonchev–Trinajstić information content (AvgIpc) is 3.08. The van der Waals surface area contributed by atoms with Crippen molar-refractivity contribution in [1.29, 1.82) is 0 Å². The number of halogens is 2. The number of nitrogens with one attached hydrogen (secondary N) is 1. The van der Waals surface area contributed by atoms with Gasteiger partial charge < -0.3 is 14.5 Å². The summed E-state index contributed by atoms with van der Waals surface area (Å²) in [7, 11) is 0. The summed E-state index contributed by atoms with van der Waals surface area (Å²) >= 11 is 12.2. The van der Waals surface area contributed by atoms with Crippen LogP contribution in [-0.4, -0.2) is 13.2 Å². The molecule has 0 saturated carbocycles. The highest BCUT2D eigenvalue weighted by atomic mass is 35.5. The number of hydrogen-bond donors (Lipinski definition) is 1. The lowest BCUT2D eigenvalue weighted by atomic mass is 10.00. The third kappa shape index (κ3) is 3.05. The second-order valence-electron chi connectivity index (χ2n) is 5.11. The molecule has 2 aromatic rings. The van der Waals surface area contributed by atoms with E-state index < -0.39 is 0 Å². The Labute approximate surface area is 134 Å². The summed E-state index contributed by atoms with van der Waals surface area (Å²) in [6.45, 7) is 3.68. The molecular formula is C16H17Cl2NO2. The molecule has 0 spiro atoms. The second kappa shape index (κ2) is 6.30. The Morgan fingerprint density at radius 1 is 1.29 bits per heavy atom. The molecule has 1 unspecified atom stereocenters. The molecule has 5 heteroatoms. The Balaban J connectivity index is 2.04. The predicted octanol–water partition coefficient (Wildman–Crippen LogP) is 4.61.